The summed E-state index contributed by atoms with van der Waals surface area (Å²) < 4.78 is 0. The molecule has 1 amide bonds. The number of carboxylic acids is 1. The van der Waals surface area contributed by atoms with Gasteiger partial charge in [0, 0.05) is 18.9 Å². The molecule has 1 heterocycles. The molecule has 2 rings (SSSR count). The molecule has 1 aromatic heterocycles. The van der Waals surface area contributed by atoms with Gasteiger partial charge < -0.3 is 10.0 Å². The first-order chi connectivity index (χ1) is 11.3. The zero-order chi connectivity index (χ0) is 17.9. The first-order valence-corrected chi connectivity index (χ1v) is 9.27. The molecule has 24 heavy (non-hydrogen) atoms. The Morgan fingerprint density at radius 2 is 1.92 bits per heavy atom. The molecule has 1 fully saturated rings. The quantitative estimate of drug-likeness (QED) is 0.832. The van der Waals surface area contributed by atoms with Crippen LogP contribution in [0.1, 0.15) is 61.0 Å². The van der Waals surface area contributed by atoms with Gasteiger partial charge in [-0.05, 0) is 37.7 Å². The van der Waals surface area contributed by atoms with Crippen molar-refractivity contribution in [3.05, 3.63) is 15.8 Å². The van der Waals surface area contributed by atoms with Crippen LogP contribution >= 0.6 is 11.3 Å². The van der Waals surface area contributed by atoms with Crippen molar-refractivity contribution >= 4 is 28.9 Å². The third-order valence-electron chi connectivity index (χ3n) is 4.45. The summed E-state index contributed by atoms with van der Waals surface area (Å²) in [5.41, 5.74) is 0.462. The second-order valence-corrected chi connectivity index (χ2v) is 7.96. The van der Waals surface area contributed by atoms with Gasteiger partial charge in [0.25, 0.3) is 0 Å². The summed E-state index contributed by atoms with van der Waals surface area (Å²) in [4.78, 5) is 26.7. The predicted molar refractivity (Wildman–Crippen MR) is 97.5 cm³/mol. The molecule has 0 aromatic carbocycles. The van der Waals surface area contributed by atoms with Gasteiger partial charge in [0.1, 0.15) is 4.88 Å². The highest BCUT2D eigenvalue weighted by molar-refractivity contribution is 7.15. The van der Waals surface area contributed by atoms with Crippen molar-refractivity contribution in [2.45, 2.75) is 46.5 Å². The van der Waals surface area contributed by atoms with E-state index in [2.05, 4.69) is 18.8 Å². The van der Waals surface area contributed by atoms with Gasteiger partial charge in [-0.1, -0.05) is 32.6 Å². The standard InChI is InChI=1S/C19H25NO3S/c1-12(2)5-10-15-11-16(17(24-15)19(22)23)20(4)18(21)14-8-6-13(3)7-9-14/h11-14H,6-9H2,1-4H3,(H,22,23). The fourth-order valence-electron chi connectivity index (χ4n) is 2.96. The SMILES string of the molecule is CC(C)C#Cc1cc(N(C)C(=O)C2CCC(C)CC2)c(C(=O)O)s1. The lowest BCUT2D eigenvalue weighted by molar-refractivity contribution is -0.123. The first kappa shape index (κ1) is 18.5. The van der Waals surface area contributed by atoms with E-state index in [1.54, 1.807) is 13.1 Å². The van der Waals surface area contributed by atoms with Crippen molar-refractivity contribution in [2.24, 2.45) is 17.8 Å². The Hall–Kier alpha value is -1.80. The van der Waals surface area contributed by atoms with Crippen LogP contribution in [0.3, 0.4) is 0 Å². The molecular weight excluding hydrogens is 322 g/mol. The van der Waals surface area contributed by atoms with Gasteiger partial charge in [-0.3, -0.25) is 4.79 Å². The normalized spacial score (nSPS) is 20.4. The molecule has 4 nitrogen and oxygen atoms in total. The molecule has 130 valence electrons. The first-order valence-electron chi connectivity index (χ1n) is 8.45. The van der Waals surface area contributed by atoms with E-state index >= 15 is 0 Å². The number of hydrogen-bond acceptors (Lipinski definition) is 3. The molecule has 0 aliphatic heterocycles. The number of rotatable bonds is 3. The third kappa shape index (κ3) is 4.39. The van der Waals surface area contributed by atoms with Gasteiger partial charge in [0.05, 0.1) is 10.6 Å². The van der Waals surface area contributed by atoms with E-state index in [0.717, 1.165) is 37.0 Å². The van der Waals surface area contributed by atoms with E-state index < -0.39 is 5.97 Å². The van der Waals surface area contributed by atoms with Crippen LogP contribution in [0.25, 0.3) is 0 Å². The highest BCUT2D eigenvalue weighted by atomic mass is 32.1. The van der Waals surface area contributed by atoms with Crippen LogP contribution in [0.4, 0.5) is 5.69 Å². The van der Waals surface area contributed by atoms with Gasteiger partial charge >= 0.3 is 5.97 Å². The number of carbonyl (C=O) groups is 2. The lowest BCUT2D eigenvalue weighted by Crippen LogP contribution is -2.35. The molecule has 0 spiro atoms. The van der Waals surface area contributed by atoms with Crippen molar-refractivity contribution < 1.29 is 14.7 Å². The molecule has 0 bridgehead atoms. The van der Waals surface area contributed by atoms with Crippen LogP contribution in [0.2, 0.25) is 0 Å². The summed E-state index contributed by atoms with van der Waals surface area (Å²) in [5.74, 6) is 5.94. The molecular formula is C19H25NO3S. The zero-order valence-electron chi connectivity index (χ0n) is 14.8. The van der Waals surface area contributed by atoms with Crippen molar-refractivity contribution in [3.8, 4) is 11.8 Å². The van der Waals surface area contributed by atoms with Gasteiger partial charge in [0.2, 0.25) is 5.91 Å². The van der Waals surface area contributed by atoms with Crippen molar-refractivity contribution in [1.82, 2.24) is 0 Å². The fraction of sp³-hybridized carbons (Fsp3) is 0.579. The van der Waals surface area contributed by atoms with Gasteiger partial charge in [0.15, 0.2) is 0 Å². The number of anilines is 1. The molecule has 0 unspecified atom stereocenters. The van der Waals surface area contributed by atoms with E-state index in [4.69, 9.17) is 0 Å². The Bertz CT molecular complexity index is 673. The van der Waals surface area contributed by atoms with Crippen LogP contribution in [-0.2, 0) is 4.79 Å². The number of nitrogens with zero attached hydrogens (tertiary/aromatic N) is 1. The minimum Gasteiger partial charge on any atom is -0.477 e. The highest BCUT2D eigenvalue weighted by Gasteiger charge is 2.29. The average Bonchev–Trinajstić information content (AvgIpc) is 2.97. The van der Waals surface area contributed by atoms with E-state index in [1.807, 2.05) is 13.8 Å². The predicted octanol–water partition coefficient (Wildman–Crippen LogP) is 4.24. The molecule has 1 aliphatic carbocycles. The maximum atomic E-state index is 12.8. The van der Waals surface area contributed by atoms with Crippen molar-refractivity contribution in [3.63, 3.8) is 0 Å². The smallest absolute Gasteiger partial charge is 0.348 e. The Morgan fingerprint density at radius 3 is 2.46 bits per heavy atom. The topological polar surface area (TPSA) is 57.6 Å². The summed E-state index contributed by atoms with van der Waals surface area (Å²) in [5, 5.41) is 9.46. The number of aromatic carboxylic acids is 1. The molecule has 1 aliphatic rings. The Morgan fingerprint density at radius 1 is 1.29 bits per heavy atom. The Balaban J connectivity index is 2.24. The minimum absolute atomic E-state index is 0.00190. The van der Waals surface area contributed by atoms with E-state index in [9.17, 15) is 14.7 Å². The number of thiophene rings is 1. The van der Waals surface area contributed by atoms with E-state index in [0.29, 0.717) is 16.5 Å². The largest absolute Gasteiger partial charge is 0.477 e. The van der Waals surface area contributed by atoms with Crippen LogP contribution in [0.15, 0.2) is 6.07 Å². The number of hydrogen-bond donors (Lipinski definition) is 1. The monoisotopic (exact) mass is 347 g/mol. The number of carbonyl (C=O) groups excluding carboxylic acids is 1. The molecule has 0 atom stereocenters. The van der Waals surface area contributed by atoms with E-state index in [-0.39, 0.29) is 22.6 Å². The molecule has 0 radical (unpaired) electrons. The lowest BCUT2D eigenvalue weighted by atomic mass is 9.82. The van der Waals surface area contributed by atoms with Gasteiger partial charge in [-0.25, -0.2) is 4.79 Å². The van der Waals surface area contributed by atoms with Gasteiger partial charge in [-0.2, -0.15) is 0 Å². The average molecular weight is 347 g/mol. The number of carboxylic acid groups (broad SMARTS) is 1. The summed E-state index contributed by atoms with van der Waals surface area (Å²) in [6.07, 6.45) is 3.89. The second-order valence-electron chi connectivity index (χ2n) is 6.91. The zero-order valence-corrected chi connectivity index (χ0v) is 15.6. The van der Waals surface area contributed by atoms with Crippen LogP contribution in [0, 0.1) is 29.6 Å². The minimum atomic E-state index is -1.01. The van der Waals surface area contributed by atoms with E-state index in [1.165, 1.54) is 4.90 Å². The molecule has 1 N–H and O–H groups in total. The molecule has 0 saturated heterocycles. The molecule has 1 aromatic rings. The Labute approximate surface area is 147 Å². The molecule has 1 saturated carbocycles. The lowest BCUT2D eigenvalue weighted by Gasteiger charge is -2.28. The van der Waals surface area contributed by atoms with Crippen LogP contribution in [0.5, 0.6) is 0 Å². The van der Waals surface area contributed by atoms with Gasteiger partial charge in [-0.15, -0.1) is 11.3 Å². The summed E-state index contributed by atoms with van der Waals surface area (Å²) >= 11 is 1.14. The van der Waals surface area contributed by atoms with Crippen LogP contribution in [-0.4, -0.2) is 24.0 Å². The number of amides is 1. The third-order valence-corrected chi connectivity index (χ3v) is 5.48. The van der Waals surface area contributed by atoms with Crippen LogP contribution < -0.4 is 4.90 Å². The van der Waals surface area contributed by atoms with Crippen molar-refractivity contribution in [1.29, 1.82) is 0 Å². The summed E-state index contributed by atoms with van der Waals surface area (Å²) in [6, 6.07) is 1.73. The summed E-state index contributed by atoms with van der Waals surface area (Å²) in [6.45, 7) is 6.18. The van der Waals surface area contributed by atoms with Crippen molar-refractivity contribution in [2.75, 3.05) is 11.9 Å². The second kappa shape index (κ2) is 7.85. The summed E-state index contributed by atoms with van der Waals surface area (Å²) in [7, 11) is 1.68. The highest BCUT2D eigenvalue weighted by Crippen LogP contribution is 2.34. The maximum Gasteiger partial charge on any atom is 0.348 e. The maximum absolute atomic E-state index is 12.8. The fourth-order valence-corrected chi connectivity index (χ4v) is 3.85. The molecule has 5 heteroatoms. The Kier molecular flexibility index (Phi) is 6.06.